The topological polar surface area (TPSA) is 56.3 Å². The highest BCUT2D eigenvalue weighted by molar-refractivity contribution is 5.91. The fraction of sp³-hybridized carbons (Fsp3) is 0.467. The van der Waals surface area contributed by atoms with Crippen molar-refractivity contribution in [2.45, 2.75) is 31.9 Å². The van der Waals surface area contributed by atoms with E-state index in [0.717, 1.165) is 43.3 Å². The Morgan fingerprint density at radius 3 is 2.13 bits per heavy atom. The summed E-state index contributed by atoms with van der Waals surface area (Å²) in [7, 11) is 0. The lowest BCUT2D eigenvalue weighted by molar-refractivity contribution is -0.135. The molecule has 0 atom stereocenters. The van der Waals surface area contributed by atoms with E-state index >= 15 is 0 Å². The zero-order valence-electron chi connectivity index (χ0n) is 21.9. The molecule has 0 spiro atoms. The molecule has 2 saturated heterocycles. The van der Waals surface area contributed by atoms with Crippen molar-refractivity contribution in [3.05, 3.63) is 71.6 Å². The van der Waals surface area contributed by atoms with Gasteiger partial charge < -0.3 is 14.5 Å². The summed E-state index contributed by atoms with van der Waals surface area (Å²) < 4.78 is 18.8. The van der Waals surface area contributed by atoms with E-state index in [1.807, 2.05) is 40.1 Å². The summed E-state index contributed by atoms with van der Waals surface area (Å²) in [5.74, 6) is 0.645. The summed E-state index contributed by atoms with van der Waals surface area (Å²) in [6.45, 7) is 7.15. The summed E-state index contributed by atoms with van der Waals surface area (Å²) in [6, 6.07) is 14.5. The Labute approximate surface area is 224 Å². The highest BCUT2D eigenvalue weighted by Crippen LogP contribution is 2.25. The molecule has 0 bridgehead atoms. The molecule has 0 N–H and O–H groups in total. The maximum Gasteiger partial charge on any atom is 0.246 e. The van der Waals surface area contributed by atoms with E-state index in [4.69, 9.17) is 4.74 Å². The molecule has 2 amide bonds. The van der Waals surface area contributed by atoms with Crippen molar-refractivity contribution in [3.63, 3.8) is 0 Å². The van der Waals surface area contributed by atoms with Crippen molar-refractivity contribution in [3.8, 4) is 5.75 Å². The Balaban J connectivity index is 1.01. The largest absolute Gasteiger partial charge is 0.489 e. The van der Waals surface area contributed by atoms with Gasteiger partial charge in [-0.25, -0.2) is 4.39 Å². The number of nitrogens with zero attached hydrogens (tertiary/aromatic N) is 4. The molecule has 1 saturated carbocycles. The van der Waals surface area contributed by atoms with Crippen molar-refractivity contribution in [1.82, 2.24) is 19.6 Å². The number of carbonyl (C=O) groups excluding carboxylic acids is 2. The molecule has 7 nitrogen and oxygen atoms in total. The van der Waals surface area contributed by atoms with Crippen LogP contribution in [0.4, 0.5) is 4.39 Å². The molecule has 2 heterocycles. The molecule has 3 fully saturated rings. The number of benzene rings is 2. The van der Waals surface area contributed by atoms with Crippen LogP contribution < -0.4 is 4.74 Å². The number of rotatable bonds is 8. The van der Waals surface area contributed by atoms with Crippen LogP contribution in [-0.2, 0) is 16.2 Å². The van der Waals surface area contributed by atoms with Crippen LogP contribution in [0.25, 0.3) is 6.08 Å². The van der Waals surface area contributed by atoms with Crippen LogP contribution in [0.3, 0.4) is 0 Å². The first-order valence-electron chi connectivity index (χ1n) is 13.7. The summed E-state index contributed by atoms with van der Waals surface area (Å²) in [5.41, 5.74) is 1.81. The number of piperazine rings is 2. The van der Waals surface area contributed by atoms with E-state index < -0.39 is 0 Å². The Bertz CT molecular complexity index is 1100. The average molecular weight is 521 g/mol. The quantitative estimate of drug-likeness (QED) is 0.501. The van der Waals surface area contributed by atoms with Gasteiger partial charge in [-0.3, -0.25) is 19.4 Å². The molecule has 3 aliphatic rings. The van der Waals surface area contributed by atoms with Crippen molar-refractivity contribution < 1.29 is 18.7 Å². The van der Waals surface area contributed by atoms with Crippen molar-refractivity contribution in [1.29, 1.82) is 0 Å². The number of carbonyl (C=O) groups is 2. The molecule has 2 aliphatic heterocycles. The molecule has 1 aliphatic carbocycles. The summed E-state index contributed by atoms with van der Waals surface area (Å²) in [5, 5.41) is 0. The van der Waals surface area contributed by atoms with Crippen LogP contribution in [0.2, 0.25) is 0 Å². The molecule has 8 heteroatoms. The third-order valence-corrected chi connectivity index (χ3v) is 7.92. The van der Waals surface area contributed by atoms with Crippen LogP contribution >= 0.6 is 0 Å². The third kappa shape index (κ3) is 6.99. The smallest absolute Gasteiger partial charge is 0.246 e. The molecule has 0 unspecified atom stereocenters. The Hall–Kier alpha value is -3.23. The van der Waals surface area contributed by atoms with E-state index in [-0.39, 0.29) is 17.6 Å². The minimum Gasteiger partial charge on any atom is -0.489 e. The van der Waals surface area contributed by atoms with E-state index in [9.17, 15) is 14.0 Å². The second kappa shape index (κ2) is 12.5. The molecular weight excluding hydrogens is 483 g/mol. The Morgan fingerprint density at radius 1 is 0.842 bits per heavy atom. The molecule has 2 aromatic carbocycles. The molecule has 0 aromatic heterocycles. The monoisotopic (exact) mass is 520 g/mol. The van der Waals surface area contributed by atoms with Gasteiger partial charge in [0.1, 0.15) is 18.2 Å². The second-order valence-electron chi connectivity index (χ2n) is 10.4. The van der Waals surface area contributed by atoms with Gasteiger partial charge in [0.15, 0.2) is 0 Å². The lowest BCUT2D eigenvalue weighted by Gasteiger charge is -2.43. The SMILES string of the molecule is O=C(/C=C/c1ccc(OCc2ccc(F)cc2)cc1)N1CCN(CC(=O)N2CCN(C3CCC3)CC2)CC1. The van der Waals surface area contributed by atoms with E-state index in [1.54, 1.807) is 18.2 Å². The van der Waals surface area contributed by atoms with Gasteiger partial charge >= 0.3 is 0 Å². The Morgan fingerprint density at radius 2 is 1.50 bits per heavy atom. The lowest BCUT2D eigenvalue weighted by Crippen LogP contribution is -2.56. The number of amides is 2. The fourth-order valence-electron chi connectivity index (χ4n) is 5.20. The summed E-state index contributed by atoms with van der Waals surface area (Å²) >= 11 is 0. The zero-order valence-corrected chi connectivity index (χ0v) is 21.9. The van der Waals surface area contributed by atoms with Gasteiger partial charge in [0.05, 0.1) is 6.54 Å². The fourth-order valence-corrected chi connectivity index (χ4v) is 5.20. The third-order valence-electron chi connectivity index (χ3n) is 7.92. The summed E-state index contributed by atoms with van der Waals surface area (Å²) in [4.78, 5) is 34.1. The van der Waals surface area contributed by atoms with Gasteiger partial charge in [0, 0.05) is 64.5 Å². The maximum absolute atomic E-state index is 13.0. The van der Waals surface area contributed by atoms with Crippen LogP contribution in [0.5, 0.6) is 5.75 Å². The Kier molecular flexibility index (Phi) is 8.71. The highest BCUT2D eigenvalue weighted by Gasteiger charge is 2.30. The number of ether oxygens (including phenoxy) is 1. The molecule has 38 heavy (non-hydrogen) atoms. The molecule has 0 radical (unpaired) electrons. The van der Waals surface area contributed by atoms with Gasteiger partial charge in [0.2, 0.25) is 11.8 Å². The molecular formula is C30H37FN4O3. The zero-order chi connectivity index (χ0) is 26.3. The lowest BCUT2D eigenvalue weighted by atomic mass is 9.91. The molecule has 202 valence electrons. The van der Waals surface area contributed by atoms with Gasteiger partial charge in [0.25, 0.3) is 0 Å². The minimum absolute atomic E-state index is 0.0141. The van der Waals surface area contributed by atoms with Gasteiger partial charge in [-0.05, 0) is 54.3 Å². The van der Waals surface area contributed by atoms with Crippen molar-refractivity contribution in [2.24, 2.45) is 0 Å². The summed E-state index contributed by atoms with van der Waals surface area (Å²) in [6.07, 6.45) is 7.39. The number of hydrogen-bond acceptors (Lipinski definition) is 5. The first kappa shape index (κ1) is 26.4. The highest BCUT2D eigenvalue weighted by atomic mass is 19.1. The molecule has 2 aromatic rings. The van der Waals surface area contributed by atoms with E-state index in [2.05, 4.69) is 9.80 Å². The predicted octanol–water partition coefficient (Wildman–Crippen LogP) is 3.26. The van der Waals surface area contributed by atoms with E-state index in [0.29, 0.717) is 45.1 Å². The second-order valence-corrected chi connectivity index (χ2v) is 10.4. The number of halogens is 1. The van der Waals surface area contributed by atoms with E-state index in [1.165, 1.54) is 31.4 Å². The number of hydrogen-bond donors (Lipinski definition) is 0. The molecule has 5 rings (SSSR count). The van der Waals surface area contributed by atoms with Crippen LogP contribution in [0, 0.1) is 5.82 Å². The van der Waals surface area contributed by atoms with Crippen LogP contribution in [0.1, 0.15) is 30.4 Å². The van der Waals surface area contributed by atoms with Crippen LogP contribution in [0.15, 0.2) is 54.6 Å². The normalized spacial score (nSPS) is 19.5. The van der Waals surface area contributed by atoms with Gasteiger partial charge in [-0.1, -0.05) is 30.7 Å². The van der Waals surface area contributed by atoms with Crippen molar-refractivity contribution >= 4 is 17.9 Å². The maximum atomic E-state index is 13.0. The standard InChI is InChI=1S/C30H37FN4O3/c31-26-9-4-25(5-10-26)23-38-28-11-6-24(7-12-28)8-13-29(36)34-16-14-32(15-17-34)22-30(37)35-20-18-33(19-21-35)27-2-1-3-27/h4-13,27H,1-3,14-23H2/b13-8+. The van der Waals surface area contributed by atoms with Gasteiger partial charge in [-0.2, -0.15) is 0 Å². The van der Waals surface area contributed by atoms with Crippen LogP contribution in [-0.4, -0.2) is 96.4 Å². The first-order valence-corrected chi connectivity index (χ1v) is 13.7. The van der Waals surface area contributed by atoms with Gasteiger partial charge in [-0.15, -0.1) is 0 Å². The average Bonchev–Trinajstić information content (AvgIpc) is 2.92. The predicted molar refractivity (Wildman–Crippen MR) is 145 cm³/mol. The minimum atomic E-state index is -0.264. The first-order chi connectivity index (χ1) is 18.5. The van der Waals surface area contributed by atoms with Crippen molar-refractivity contribution in [2.75, 3.05) is 58.9 Å².